The number of nitrogens with zero attached hydrogens (tertiary/aromatic N) is 1. The average Bonchev–Trinajstić information content (AvgIpc) is 2.92. The summed E-state index contributed by atoms with van der Waals surface area (Å²) in [5.41, 5.74) is 2.31. The standard InChI is InChI=1S/C17H17BrN2O/c1-21-17-8-4-7-16-13(17)9-11-20(16)12-10-19-15-6-3-2-5-14(15)18/h2-9,11,19H,10,12H2,1H3. The fraction of sp³-hybridized carbons (Fsp3) is 0.176. The number of aromatic nitrogens is 1. The molecule has 0 aliphatic rings. The van der Waals surface area contributed by atoms with Gasteiger partial charge in [0.25, 0.3) is 0 Å². The second-order valence-electron chi connectivity index (χ2n) is 4.81. The van der Waals surface area contributed by atoms with Gasteiger partial charge in [-0.3, -0.25) is 0 Å². The molecule has 0 fully saturated rings. The maximum atomic E-state index is 5.40. The molecule has 108 valence electrons. The molecule has 1 heterocycles. The fourth-order valence-electron chi connectivity index (χ4n) is 2.48. The minimum Gasteiger partial charge on any atom is -0.496 e. The van der Waals surface area contributed by atoms with Crippen LogP contribution in [0.15, 0.2) is 59.2 Å². The summed E-state index contributed by atoms with van der Waals surface area (Å²) in [6.07, 6.45) is 2.11. The predicted octanol–water partition coefficient (Wildman–Crippen LogP) is 4.52. The van der Waals surface area contributed by atoms with Crippen LogP contribution in [0.4, 0.5) is 5.69 Å². The number of anilines is 1. The summed E-state index contributed by atoms with van der Waals surface area (Å²) in [6.45, 7) is 1.77. The van der Waals surface area contributed by atoms with E-state index in [2.05, 4.69) is 50.2 Å². The number of fused-ring (bicyclic) bond motifs is 1. The van der Waals surface area contributed by atoms with Crippen molar-refractivity contribution >= 4 is 32.5 Å². The average molecular weight is 345 g/mol. The van der Waals surface area contributed by atoms with E-state index in [0.29, 0.717) is 0 Å². The van der Waals surface area contributed by atoms with Crippen LogP contribution in [-0.2, 0) is 6.54 Å². The molecule has 0 atom stereocenters. The van der Waals surface area contributed by atoms with Crippen molar-refractivity contribution in [2.45, 2.75) is 6.54 Å². The van der Waals surface area contributed by atoms with Gasteiger partial charge >= 0.3 is 0 Å². The summed E-state index contributed by atoms with van der Waals surface area (Å²) in [5.74, 6) is 0.921. The van der Waals surface area contributed by atoms with Gasteiger partial charge in [-0.1, -0.05) is 18.2 Å². The van der Waals surface area contributed by atoms with E-state index in [-0.39, 0.29) is 0 Å². The molecule has 3 nitrogen and oxygen atoms in total. The molecule has 0 radical (unpaired) electrons. The van der Waals surface area contributed by atoms with Crippen molar-refractivity contribution in [3.05, 3.63) is 59.2 Å². The molecule has 3 aromatic rings. The number of rotatable bonds is 5. The zero-order valence-electron chi connectivity index (χ0n) is 11.8. The SMILES string of the molecule is COc1cccc2c1ccn2CCNc1ccccc1Br. The number of halogens is 1. The van der Waals surface area contributed by atoms with Gasteiger partial charge in [-0.05, 0) is 46.3 Å². The summed E-state index contributed by atoms with van der Waals surface area (Å²) in [5, 5.41) is 4.60. The lowest BCUT2D eigenvalue weighted by Gasteiger charge is -2.10. The van der Waals surface area contributed by atoms with Gasteiger partial charge in [0.15, 0.2) is 0 Å². The van der Waals surface area contributed by atoms with Gasteiger partial charge in [0, 0.05) is 34.8 Å². The Balaban J connectivity index is 1.73. The van der Waals surface area contributed by atoms with Crippen molar-refractivity contribution in [1.29, 1.82) is 0 Å². The molecule has 0 saturated heterocycles. The van der Waals surface area contributed by atoms with E-state index >= 15 is 0 Å². The highest BCUT2D eigenvalue weighted by atomic mass is 79.9. The molecule has 21 heavy (non-hydrogen) atoms. The lowest BCUT2D eigenvalue weighted by Crippen LogP contribution is -2.09. The molecule has 0 aliphatic carbocycles. The van der Waals surface area contributed by atoms with Gasteiger partial charge in [0.2, 0.25) is 0 Å². The maximum Gasteiger partial charge on any atom is 0.128 e. The highest BCUT2D eigenvalue weighted by molar-refractivity contribution is 9.10. The summed E-state index contributed by atoms with van der Waals surface area (Å²) in [7, 11) is 1.71. The summed E-state index contributed by atoms with van der Waals surface area (Å²) in [4.78, 5) is 0. The Morgan fingerprint density at radius 3 is 2.76 bits per heavy atom. The first-order valence-corrected chi connectivity index (χ1v) is 7.69. The molecule has 0 unspecified atom stereocenters. The van der Waals surface area contributed by atoms with E-state index in [1.54, 1.807) is 7.11 Å². The highest BCUT2D eigenvalue weighted by Crippen LogP contribution is 2.26. The van der Waals surface area contributed by atoms with Crippen molar-refractivity contribution in [3.8, 4) is 5.75 Å². The Hall–Kier alpha value is -1.94. The third-order valence-corrected chi connectivity index (χ3v) is 4.23. The van der Waals surface area contributed by atoms with Gasteiger partial charge in [0.1, 0.15) is 5.75 Å². The topological polar surface area (TPSA) is 26.2 Å². The number of para-hydroxylation sites is 1. The molecule has 1 aromatic heterocycles. The quantitative estimate of drug-likeness (QED) is 0.736. The van der Waals surface area contributed by atoms with E-state index in [4.69, 9.17) is 4.74 Å². The normalized spacial score (nSPS) is 10.8. The van der Waals surface area contributed by atoms with E-state index in [1.807, 2.05) is 30.3 Å². The molecule has 0 spiro atoms. The molecule has 0 bridgehead atoms. The Morgan fingerprint density at radius 2 is 1.95 bits per heavy atom. The predicted molar refractivity (Wildman–Crippen MR) is 91.1 cm³/mol. The summed E-state index contributed by atoms with van der Waals surface area (Å²) < 4.78 is 8.72. The van der Waals surface area contributed by atoms with E-state index in [9.17, 15) is 0 Å². The zero-order chi connectivity index (χ0) is 14.7. The van der Waals surface area contributed by atoms with Gasteiger partial charge in [-0.2, -0.15) is 0 Å². The smallest absolute Gasteiger partial charge is 0.128 e. The van der Waals surface area contributed by atoms with Crippen molar-refractivity contribution in [2.75, 3.05) is 19.0 Å². The molecule has 0 saturated carbocycles. The lowest BCUT2D eigenvalue weighted by molar-refractivity contribution is 0.420. The van der Waals surface area contributed by atoms with Crippen LogP contribution >= 0.6 is 15.9 Å². The molecule has 0 amide bonds. The Labute approximate surface area is 132 Å². The van der Waals surface area contributed by atoms with Crippen LogP contribution < -0.4 is 10.1 Å². The molecular weight excluding hydrogens is 328 g/mol. The van der Waals surface area contributed by atoms with Crippen molar-refractivity contribution in [3.63, 3.8) is 0 Å². The van der Waals surface area contributed by atoms with Crippen molar-refractivity contribution < 1.29 is 4.74 Å². The second kappa shape index (κ2) is 6.22. The van der Waals surface area contributed by atoms with Crippen LogP contribution in [0, 0.1) is 0 Å². The third kappa shape index (κ3) is 2.90. The monoisotopic (exact) mass is 344 g/mol. The Kier molecular flexibility index (Phi) is 4.15. The molecule has 3 rings (SSSR count). The van der Waals surface area contributed by atoms with Crippen molar-refractivity contribution in [1.82, 2.24) is 4.57 Å². The number of nitrogens with one attached hydrogen (secondary N) is 1. The minimum absolute atomic E-state index is 0.865. The van der Waals surface area contributed by atoms with Crippen LogP contribution in [0.5, 0.6) is 5.75 Å². The van der Waals surface area contributed by atoms with Gasteiger partial charge < -0.3 is 14.6 Å². The molecular formula is C17H17BrN2O. The number of hydrogen-bond acceptors (Lipinski definition) is 2. The second-order valence-corrected chi connectivity index (χ2v) is 5.66. The van der Waals surface area contributed by atoms with Crippen LogP contribution in [0.25, 0.3) is 10.9 Å². The van der Waals surface area contributed by atoms with Gasteiger partial charge in [-0.25, -0.2) is 0 Å². The first-order valence-electron chi connectivity index (χ1n) is 6.90. The first-order chi connectivity index (χ1) is 10.3. The molecule has 4 heteroatoms. The number of hydrogen-bond donors (Lipinski definition) is 1. The number of methoxy groups -OCH3 is 1. The number of ether oxygens (including phenoxy) is 1. The van der Waals surface area contributed by atoms with Crippen LogP contribution in [0.2, 0.25) is 0 Å². The summed E-state index contributed by atoms with van der Waals surface area (Å²) in [6, 6.07) is 16.4. The minimum atomic E-state index is 0.865. The highest BCUT2D eigenvalue weighted by Gasteiger charge is 2.05. The third-order valence-electron chi connectivity index (χ3n) is 3.54. The lowest BCUT2D eigenvalue weighted by atomic mass is 10.2. The zero-order valence-corrected chi connectivity index (χ0v) is 13.4. The van der Waals surface area contributed by atoms with Crippen LogP contribution in [-0.4, -0.2) is 18.2 Å². The summed E-state index contributed by atoms with van der Waals surface area (Å²) >= 11 is 3.55. The van der Waals surface area contributed by atoms with Crippen LogP contribution in [0.1, 0.15) is 0 Å². The largest absolute Gasteiger partial charge is 0.496 e. The van der Waals surface area contributed by atoms with Gasteiger partial charge in [-0.15, -0.1) is 0 Å². The fourth-order valence-corrected chi connectivity index (χ4v) is 2.91. The van der Waals surface area contributed by atoms with Gasteiger partial charge in [0.05, 0.1) is 12.6 Å². The molecule has 0 aliphatic heterocycles. The molecule has 2 aromatic carbocycles. The van der Waals surface area contributed by atoms with Crippen LogP contribution in [0.3, 0.4) is 0 Å². The van der Waals surface area contributed by atoms with Crippen molar-refractivity contribution in [2.24, 2.45) is 0 Å². The Morgan fingerprint density at radius 1 is 1.10 bits per heavy atom. The number of benzene rings is 2. The first kappa shape index (κ1) is 14.0. The van der Waals surface area contributed by atoms with E-state index in [0.717, 1.165) is 34.4 Å². The Bertz CT molecular complexity index is 751. The molecule has 1 N–H and O–H groups in total. The maximum absolute atomic E-state index is 5.40. The van der Waals surface area contributed by atoms with E-state index in [1.165, 1.54) is 5.52 Å². The van der Waals surface area contributed by atoms with E-state index < -0.39 is 0 Å².